The van der Waals surface area contributed by atoms with Gasteiger partial charge in [0.25, 0.3) is 11.6 Å². The highest BCUT2D eigenvalue weighted by atomic mass is 16.7. The van der Waals surface area contributed by atoms with E-state index in [4.69, 9.17) is 23.7 Å². The first-order valence-corrected chi connectivity index (χ1v) is 14.5. The monoisotopic (exact) mass is 659 g/mol. The Kier molecular flexibility index (Phi) is 12.1. The summed E-state index contributed by atoms with van der Waals surface area (Å²) < 4.78 is 26.3. The summed E-state index contributed by atoms with van der Waals surface area (Å²) in [6, 6.07) is 8.89. The van der Waals surface area contributed by atoms with Crippen LogP contribution in [-0.2, 0) is 30.3 Å². The molecule has 0 aliphatic carbocycles. The Morgan fingerprint density at radius 2 is 1.17 bits per heavy atom. The first-order chi connectivity index (χ1) is 21.5. The van der Waals surface area contributed by atoms with Crippen LogP contribution >= 0.6 is 0 Å². The average molecular weight is 660 g/mol. The lowest BCUT2D eigenvalue weighted by Gasteiger charge is -2.33. The lowest BCUT2D eigenvalue weighted by molar-refractivity contribution is -0.384. The predicted octanol–water partition coefficient (Wildman–Crippen LogP) is 7.14. The van der Waals surface area contributed by atoms with Crippen molar-refractivity contribution in [1.82, 2.24) is 4.90 Å². The van der Waals surface area contributed by atoms with Gasteiger partial charge >= 0.3 is 24.4 Å². The molecule has 4 amide bonds. The third-order valence-corrected chi connectivity index (χ3v) is 5.52. The molecule has 0 bridgehead atoms. The van der Waals surface area contributed by atoms with E-state index >= 15 is 0 Å². The van der Waals surface area contributed by atoms with Crippen molar-refractivity contribution in [3.8, 4) is 5.75 Å². The van der Waals surface area contributed by atoms with E-state index in [0.29, 0.717) is 15.4 Å². The highest BCUT2D eigenvalue weighted by Gasteiger charge is 2.42. The number of nitro groups is 1. The smallest absolute Gasteiger partial charge is 0.443 e. The van der Waals surface area contributed by atoms with Crippen molar-refractivity contribution in [1.29, 1.82) is 0 Å². The van der Waals surface area contributed by atoms with Crippen LogP contribution in [0.5, 0.6) is 5.75 Å². The van der Waals surface area contributed by atoms with Gasteiger partial charge in [-0.15, -0.1) is 0 Å². The molecule has 256 valence electrons. The summed E-state index contributed by atoms with van der Waals surface area (Å²) in [7, 11) is 0. The summed E-state index contributed by atoms with van der Waals surface area (Å²) >= 11 is 0. The summed E-state index contributed by atoms with van der Waals surface area (Å²) in [6.07, 6.45) is -4.49. The average Bonchev–Trinajstić information content (AvgIpc) is 2.90. The second-order valence-corrected chi connectivity index (χ2v) is 13.2. The van der Waals surface area contributed by atoms with E-state index in [1.807, 2.05) is 0 Å². The van der Waals surface area contributed by atoms with Gasteiger partial charge in [-0.25, -0.2) is 24.1 Å². The molecule has 0 saturated carbocycles. The van der Waals surface area contributed by atoms with E-state index in [9.17, 15) is 34.1 Å². The first-order valence-electron chi connectivity index (χ1n) is 14.5. The number of nitro benzene ring substituents is 1. The predicted molar refractivity (Wildman–Crippen MR) is 168 cm³/mol. The molecule has 0 unspecified atom stereocenters. The van der Waals surface area contributed by atoms with E-state index < -0.39 is 58.1 Å². The maximum absolute atomic E-state index is 13.9. The first kappa shape index (κ1) is 38.0. The molecule has 0 spiro atoms. The van der Waals surface area contributed by atoms with Crippen LogP contribution in [0, 0.1) is 10.1 Å². The molecule has 15 nitrogen and oxygen atoms in total. The number of benzene rings is 2. The van der Waals surface area contributed by atoms with Crippen LogP contribution in [0.15, 0.2) is 48.5 Å². The van der Waals surface area contributed by atoms with Crippen molar-refractivity contribution in [3.05, 3.63) is 64.2 Å². The summed E-state index contributed by atoms with van der Waals surface area (Å²) in [4.78, 5) is 77.1. The van der Waals surface area contributed by atoms with Crippen LogP contribution in [0.2, 0.25) is 0 Å². The fourth-order valence-electron chi connectivity index (χ4n) is 3.59. The van der Waals surface area contributed by atoms with Crippen molar-refractivity contribution in [2.45, 2.75) is 98.7 Å². The molecule has 1 atom stereocenters. The minimum absolute atomic E-state index is 0.0154. The number of carbonyl (C=O) groups excluding carboxylic acids is 5. The van der Waals surface area contributed by atoms with Gasteiger partial charge in [-0.3, -0.25) is 14.9 Å². The van der Waals surface area contributed by atoms with Crippen LogP contribution < -0.4 is 9.64 Å². The fourth-order valence-corrected chi connectivity index (χ4v) is 3.59. The van der Waals surface area contributed by atoms with Gasteiger partial charge in [0.15, 0.2) is 0 Å². The molecule has 0 aromatic heterocycles. The lowest BCUT2D eigenvalue weighted by Crippen LogP contribution is -2.56. The minimum atomic E-state index is -1.59. The highest BCUT2D eigenvalue weighted by molar-refractivity contribution is 6.15. The largest absolute Gasteiger partial charge is 0.514 e. The van der Waals surface area contributed by atoms with E-state index in [1.54, 1.807) is 62.3 Å². The minimum Gasteiger partial charge on any atom is -0.443 e. The number of carbonyl (C=O) groups is 5. The molecule has 0 fully saturated rings. The van der Waals surface area contributed by atoms with E-state index in [1.165, 1.54) is 55.5 Å². The molecule has 0 aliphatic rings. The van der Waals surface area contributed by atoms with Gasteiger partial charge in [0.05, 0.1) is 10.6 Å². The summed E-state index contributed by atoms with van der Waals surface area (Å²) in [5, 5.41) is 10.8. The third kappa shape index (κ3) is 12.2. The number of rotatable bonds is 7. The Balaban J connectivity index is 2.33. The standard InChI is InChI=1S/C32H41N3O12/c1-20(33(26(37)45-30(2,3)4)27(38)46-31(5,6)7)25(36)34(28(39)47-32(8,9)10)22-13-11-21(12-14-22)19-43-29(40)44-24-17-15-23(16-18-24)35(41)42/h11-18,20H,19H2,1-10H3/t20-/m0/s1. The number of amides is 4. The highest BCUT2D eigenvalue weighted by Crippen LogP contribution is 2.24. The van der Waals surface area contributed by atoms with Gasteiger partial charge in [0.1, 0.15) is 35.2 Å². The molecule has 0 saturated heterocycles. The van der Waals surface area contributed by atoms with Crippen LogP contribution in [0.1, 0.15) is 74.8 Å². The summed E-state index contributed by atoms with van der Waals surface area (Å²) in [5.41, 5.74) is -2.81. The van der Waals surface area contributed by atoms with Crippen LogP contribution in [0.3, 0.4) is 0 Å². The second kappa shape index (κ2) is 14.9. The number of hydrogen-bond acceptors (Lipinski definition) is 12. The number of hydrogen-bond donors (Lipinski definition) is 0. The second-order valence-electron chi connectivity index (χ2n) is 13.2. The molecule has 2 rings (SSSR count). The van der Waals surface area contributed by atoms with Gasteiger partial charge in [-0.05, 0) is 99.1 Å². The molecule has 2 aromatic carbocycles. The summed E-state index contributed by atoms with van der Waals surface area (Å²) in [5.74, 6) is -0.977. The van der Waals surface area contributed by atoms with Crippen molar-refractivity contribution in [2.75, 3.05) is 4.90 Å². The van der Waals surface area contributed by atoms with E-state index in [2.05, 4.69) is 0 Å². The molecule has 47 heavy (non-hydrogen) atoms. The molecule has 0 radical (unpaired) electrons. The molecule has 15 heteroatoms. The maximum atomic E-state index is 13.9. The topological polar surface area (TPSA) is 181 Å². The maximum Gasteiger partial charge on any atom is 0.514 e. The fraction of sp³-hybridized carbons (Fsp3) is 0.469. The molecule has 0 N–H and O–H groups in total. The molecular weight excluding hydrogens is 618 g/mol. The Bertz CT molecular complexity index is 1440. The SMILES string of the molecule is C[C@@H](C(=O)N(C(=O)OC(C)(C)C)c1ccc(COC(=O)Oc2ccc([N+](=O)[O-])cc2)cc1)N(C(=O)OC(C)(C)C)C(=O)OC(C)(C)C. The van der Waals surface area contributed by atoms with E-state index in [0.717, 1.165) is 0 Å². The van der Waals surface area contributed by atoms with Gasteiger partial charge in [-0.1, -0.05) is 12.1 Å². The zero-order valence-electron chi connectivity index (χ0n) is 28.1. The Morgan fingerprint density at radius 3 is 1.60 bits per heavy atom. The molecule has 0 heterocycles. The van der Waals surface area contributed by atoms with Crippen molar-refractivity contribution in [3.63, 3.8) is 0 Å². The van der Waals surface area contributed by atoms with Crippen molar-refractivity contribution in [2.24, 2.45) is 0 Å². The van der Waals surface area contributed by atoms with Crippen LogP contribution in [0.25, 0.3) is 0 Å². The number of imide groups is 2. The Morgan fingerprint density at radius 1 is 0.723 bits per heavy atom. The number of nitrogens with zero attached hydrogens (tertiary/aromatic N) is 3. The van der Waals surface area contributed by atoms with Gasteiger partial charge in [0, 0.05) is 12.1 Å². The van der Waals surface area contributed by atoms with Crippen molar-refractivity contribution < 1.29 is 52.6 Å². The molecule has 0 aliphatic heterocycles. The summed E-state index contributed by atoms with van der Waals surface area (Å²) in [6.45, 7) is 15.3. The number of non-ortho nitro benzene ring substituents is 1. The Hall–Kier alpha value is -5.21. The quantitative estimate of drug-likeness (QED) is 0.0964. The number of ether oxygens (including phenoxy) is 5. The van der Waals surface area contributed by atoms with E-state index in [-0.39, 0.29) is 23.7 Å². The van der Waals surface area contributed by atoms with Gasteiger partial charge in [0.2, 0.25) is 0 Å². The van der Waals surface area contributed by atoms with Crippen molar-refractivity contribution >= 4 is 41.7 Å². The van der Waals surface area contributed by atoms with Crippen LogP contribution in [-0.4, -0.2) is 63.0 Å². The zero-order valence-corrected chi connectivity index (χ0v) is 28.1. The zero-order chi connectivity index (χ0) is 35.9. The normalized spacial score (nSPS) is 12.2. The van der Waals surface area contributed by atoms with Gasteiger partial charge < -0.3 is 23.7 Å². The van der Waals surface area contributed by atoms with Crippen LogP contribution in [0.4, 0.5) is 30.6 Å². The molecule has 2 aromatic rings. The molecular formula is C32H41N3O12. The third-order valence-electron chi connectivity index (χ3n) is 5.52. The van der Waals surface area contributed by atoms with Gasteiger partial charge in [-0.2, -0.15) is 4.90 Å². The lowest BCUT2D eigenvalue weighted by atomic mass is 10.1. The Labute approximate surface area is 272 Å². The number of anilines is 1.